The molecule has 0 radical (unpaired) electrons. The summed E-state index contributed by atoms with van der Waals surface area (Å²) >= 11 is 5.67. The number of nitrogens with one attached hydrogen (secondary N) is 1. The smallest absolute Gasteiger partial charge is 0.240 e. The Bertz CT molecular complexity index is 519. The predicted octanol–water partition coefficient (Wildman–Crippen LogP) is 2.33. The maximum atomic E-state index is 12.3. The minimum atomic E-state index is -3.46. The van der Waals surface area contributed by atoms with Crippen LogP contribution < -0.4 is 4.72 Å². The predicted molar refractivity (Wildman–Crippen MR) is 88.4 cm³/mol. The van der Waals surface area contributed by atoms with Crippen LogP contribution >= 0.6 is 11.6 Å². The lowest BCUT2D eigenvalue weighted by atomic mass is 10.0. The standard InChI is InChI=1S/C15H25ClN2O2S/c1-12(2)15(18(3)4)11-17-21(19,20)14-7-5-13(6-8-14)9-10-16/h5-8,12,15,17H,9-11H2,1-4H3. The van der Waals surface area contributed by atoms with Gasteiger partial charge in [0, 0.05) is 18.5 Å². The van der Waals surface area contributed by atoms with Crippen LogP contribution in [0.25, 0.3) is 0 Å². The molecule has 21 heavy (non-hydrogen) atoms. The summed E-state index contributed by atoms with van der Waals surface area (Å²) in [6.07, 6.45) is 0.741. The Morgan fingerprint density at radius 1 is 1.19 bits per heavy atom. The highest BCUT2D eigenvalue weighted by Crippen LogP contribution is 2.13. The zero-order chi connectivity index (χ0) is 16.0. The van der Waals surface area contributed by atoms with Crippen LogP contribution in [-0.4, -0.2) is 45.9 Å². The summed E-state index contributed by atoms with van der Waals surface area (Å²) in [5, 5.41) is 0. The Hall–Kier alpha value is -0.620. The summed E-state index contributed by atoms with van der Waals surface area (Å²) in [6.45, 7) is 4.57. The molecule has 1 rings (SSSR count). The molecule has 0 aromatic heterocycles. The molecule has 0 heterocycles. The van der Waals surface area contributed by atoms with Gasteiger partial charge in [0.05, 0.1) is 4.90 Å². The topological polar surface area (TPSA) is 49.4 Å². The van der Waals surface area contributed by atoms with Gasteiger partial charge in [0.1, 0.15) is 0 Å². The lowest BCUT2D eigenvalue weighted by Gasteiger charge is -2.28. The molecule has 0 saturated carbocycles. The van der Waals surface area contributed by atoms with Crippen molar-refractivity contribution in [3.8, 4) is 0 Å². The number of nitrogens with zero attached hydrogens (tertiary/aromatic N) is 1. The van der Waals surface area contributed by atoms with E-state index in [0.29, 0.717) is 23.2 Å². The highest BCUT2D eigenvalue weighted by molar-refractivity contribution is 7.89. The lowest BCUT2D eigenvalue weighted by molar-refractivity contribution is 0.233. The molecule has 120 valence electrons. The number of hydrogen-bond donors (Lipinski definition) is 1. The molecular weight excluding hydrogens is 308 g/mol. The van der Waals surface area contributed by atoms with E-state index in [-0.39, 0.29) is 6.04 Å². The number of likely N-dealkylation sites (N-methyl/N-ethyl adjacent to an activating group) is 1. The van der Waals surface area contributed by atoms with E-state index in [9.17, 15) is 8.42 Å². The second kappa shape index (κ2) is 8.13. The molecule has 4 nitrogen and oxygen atoms in total. The molecule has 1 unspecified atom stereocenters. The second-order valence-electron chi connectivity index (χ2n) is 5.71. The summed E-state index contributed by atoms with van der Waals surface area (Å²) in [4.78, 5) is 2.33. The zero-order valence-corrected chi connectivity index (χ0v) is 14.7. The van der Waals surface area contributed by atoms with Gasteiger partial charge >= 0.3 is 0 Å². The van der Waals surface area contributed by atoms with Crippen LogP contribution in [0.3, 0.4) is 0 Å². The Balaban J connectivity index is 2.77. The van der Waals surface area contributed by atoms with Gasteiger partial charge in [-0.1, -0.05) is 26.0 Å². The number of alkyl halides is 1. The molecule has 0 fully saturated rings. The summed E-state index contributed by atoms with van der Waals surface area (Å²) < 4.78 is 27.3. The van der Waals surface area contributed by atoms with E-state index in [0.717, 1.165) is 12.0 Å². The van der Waals surface area contributed by atoms with Gasteiger partial charge in [-0.05, 0) is 44.1 Å². The van der Waals surface area contributed by atoms with Crippen molar-refractivity contribution in [1.82, 2.24) is 9.62 Å². The molecule has 1 aromatic rings. The summed E-state index contributed by atoms with van der Waals surface area (Å²) in [6, 6.07) is 7.04. The first-order valence-electron chi connectivity index (χ1n) is 7.09. The maximum absolute atomic E-state index is 12.3. The van der Waals surface area contributed by atoms with Gasteiger partial charge in [-0.2, -0.15) is 0 Å². The number of benzene rings is 1. The normalized spacial score (nSPS) is 13.9. The minimum Gasteiger partial charge on any atom is -0.305 e. The molecule has 1 N–H and O–H groups in total. The Kier molecular flexibility index (Phi) is 7.13. The second-order valence-corrected chi connectivity index (χ2v) is 7.85. The molecule has 0 aliphatic rings. The van der Waals surface area contributed by atoms with Gasteiger partial charge in [-0.15, -0.1) is 11.6 Å². The van der Waals surface area contributed by atoms with Crippen molar-refractivity contribution in [2.75, 3.05) is 26.5 Å². The Morgan fingerprint density at radius 2 is 1.76 bits per heavy atom. The van der Waals surface area contributed by atoms with Gasteiger partial charge in [0.25, 0.3) is 0 Å². The molecule has 0 amide bonds. The van der Waals surface area contributed by atoms with Gasteiger partial charge < -0.3 is 4.90 Å². The monoisotopic (exact) mass is 332 g/mol. The van der Waals surface area contributed by atoms with Crippen LogP contribution in [0.1, 0.15) is 19.4 Å². The van der Waals surface area contributed by atoms with E-state index >= 15 is 0 Å². The third-order valence-electron chi connectivity index (χ3n) is 3.53. The van der Waals surface area contributed by atoms with Crippen molar-refractivity contribution >= 4 is 21.6 Å². The lowest BCUT2D eigenvalue weighted by Crippen LogP contribution is -2.43. The van der Waals surface area contributed by atoms with Crippen molar-refractivity contribution < 1.29 is 8.42 Å². The van der Waals surface area contributed by atoms with E-state index in [1.807, 2.05) is 31.1 Å². The van der Waals surface area contributed by atoms with Gasteiger partial charge in [-0.25, -0.2) is 13.1 Å². The average Bonchev–Trinajstić information content (AvgIpc) is 2.39. The fourth-order valence-electron chi connectivity index (χ4n) is 2.24. The molecule has 0 aliphatic heterocycles. The first kappa shape index (κ1) is 18.4. The van der Waals surface area contributed by atoms with Crippen LogP contribution in [0.4, 0.5) is 0 Å². The Morgan fingerprint density at radius 3 is 2.19 bits per heavy atom. The third kappa shape index (κ3) is 5.58. The first-order valence-corrected chi connectivity index (χ1v) is 9.10. The van der Waals surface area contributed by atoms with Crippen molar-refractivity contribution in [3.05, 3.63) is 29.8 Å². The van der Waals surface area contributed by atoms with Crippen LogP contribution in [0, 0.1) is 5.92 Å². The molecule has 1 aromatic carbocycles. The van der Waals surface area contributed by atoms with Crippen molar-refractivity contribution in [2.45, 2.75) is 31.2 Å². The molecule has 0 aliphatic carbocycles. The van der Waals surface area contributed by atoms with Crippen LogP contribution in [0.15, 0.2) is 29.2 Å². The van der Waals surface area contributed by atoms with Crippen LogP contribution in [0.5, 0.6) is 0 Å². The van der Waals surface area contributed by atoms with Gasteiger partial charge in [-0.3, -0.25) is 0 Å². The fourth-order valence-corrected chi connectivity index (χ4v) is 3.51. The number of hydrogen-bond acceptors (Lipinski definition) is 3. The summed E-state index contributed by atoms with van der Waals surface area (Å²) in [5.74, 6) is 0.900. The molecule has 0 bridgehead atoms. The highest BCUT2D eigenvalue weighted by Gasteiger charge is 2.20. The fraction of sp³-hybridized carbons (Fsp3) is 0.600. The van der Waals surface area contributed by atoms with E-state index in [1.54, 1.807) is 12.1 Å². The SMILES string of the molecule is CC(C)C(CNS(=O)(=O)c1ccc(CCCl)cc1)N(C)C. The minimum absolute atomic E-state index is 0.162. The molecule has 6 heteroatoms. The number of aryl methyl sites for hydroxylation is 1. The van der Waals surface area contributed by atoms with Gasteiger partial charge in [0.15, 0.2) is 0 Å². The van der Waals surface area contributed by atoms with E-state index in [1.165, 1.54) is 0 Å². The van der Waals surface area contributed by atoms with Crippen LogP contribution in [-0.2, 0) is 16.4 Å². The summed E-state index contributed by atoms with van der Waals surface area (Å²) in [7, 11) is 0.453. The molecular formula is C15H25ClN2O2S. The van der Waals surface area contributed by atoms with Crippen molar-refractivity contribution in [2.24, 2.45) is 5.92 Å². The van der Waals surface area contributed by atoms with E-state index in [4.69, 9.17) is 11.6 Å². The molecule has 0 saturated heterocycles. The average molecular weight is 333 g/mol. The Labute approximate surface area is 133 Å². The third-order valence-corrected chi connectivity index (χ3v) is 5.16. The maximum Gasteiger partial charge on any atom is 0.240 e. The zero-order valence-electron chi connectivity index (χ0n) is 13.1. The molecule has 1 atom stereocenters. The number of rotatable bonds is 8. The van der Waals surface area contributed by atoms with E-state index < -0.39 is 10.0 Å². The quantitative estimate of drug-likeness (QED) is 0.743. The van der Waals surface area contributed by atoms with Gasteiger partial charge in [0.2, 0.25) is 10.0 Å². The largest absolute Gasteiger partial charge is 0.305 e. The number of sulfonamides is 1. The number of halogens is 1. The van der Waals surface area contributed by atoms with Crippen molar-refractivity contribution in [3.63, 3.8) is 0 Å². The first-order chi connectivity index (χ1) is 9.77. The van der Waals surface area contributed by atoms with Crippen molar-refractivity contribution in [1.29, 1.82) is 0 Å². The summed E-state index contributed by atoms with van der Waals surface area (Å²) in [5.41, 5.74) is 1.04. The van der Waals surface area contributed by atoms with Crippen LogP contribution in [0.2, 0.25) is 0 Å². The molecule has 0 spiro atoms. The van der Waals surface area contributed by atoms with E-state index in [2.05, 4.69) is 18.6 Å². The highest BCUT2D eigenvalue weighted by atomic mass is 35.5.